The van der Waals surface area contributed by atoms with Gasteiger partial charge in [-0.2, -0.15) is 4.98 Å². The largest absolute Gasteiger partial charge is 0.471 e. The van der Waals surface area contributed by atoms with E-state index in [9.17, 15) is 0 Å². The first-order valence-electron chi connectivity index (χ1n) is 5.87. The van der Waals surface area contributed by atoms with Crippen molar-refractivity contribution in [2.24, 2.45) is 0 Å². The number of aromatic nitrogens is 3. The van der Waals surface area contributed by atoms with Crippen LogP contribution in [0.5, 0.6) is 5.88 Å². The van der Waals surface area contributed by atoms with Gasteiger partial charge in [-0.15, -0.1) is 0 Å². The summed E-state index contributed by atoms with van der Waals surface area (Å²) in [5, 5.41) is 0.930. The fraction of sp³-hybridized carbons (Fsp3) is 0.0714. The number of pyridine rings is 3. The zero-order chi connectivity index (χ0) is 13.1. The second-order valence-electron chi connectivity index (χ2n) is 4.04. The molecule has 0 saturated heterocycles. The highest BCUT2D eigenvalue weighted by molar-refractivity contribution is 5.76. The number of nitrogens with two attached hydrogens (primary N) is 1. The smallest absolute Gasteiger partial charge is 0.215 e. The molecule has 3 rings (SSSR count). The van der Waals surface area contributed by atoms with E-state index in [1.807, 2.05) is 36.4 Å². The lowest BCUT2D eigenvalue weighted by Crippen LogP contribution is -2.00. The van der Waals surface area contributed by atoms with Gasteiger partial charge in [0.25, 0.3) is 0 Å². The van der Waals surface area contributed by atoms with E-state index in [0.717, 1.165) is 11.1 Å². The molecule has 3 aromatic rings. The highest BCUT2D eigenvalue weighted by Gasteiger charge is 2.02. The maximum Gasteiger partial charge on any atom is 0.215 e. The summed E-state index contributed by atoms with van der Waals surface area (Å²) >= 11 is 0. The minimum Gasteiger partial charge on any atom is -0.471 e. The van der Waals surface area contributed by atoms with Crippen LogP contribution in [0.2, 0.25) is 0 Å². The van der Waals surface area contributed by atoms with Crippen LogP contribution in [0.25, 0.3) is 11.0 Å². The molecule has 2 N–H and O–H groups in total. The average Bonchev–Trinajstić information content (AvgIpc) is 2.46. The van der Waals surface area contributed by atoms with Crippen molar-refractivity contribution >= 4 is 16.9 Å². The molecule has 3 aromatic heterocycles. The molecule has 94 valence electrons. The number of hydrogen-bond donors (Lipinski definition) is 1. The van der Waals surface area contributed by atoms with E-state index in [1.54, 1.807) is 12.3 Å². The number of fused-ring (bicyclic) bond motifs is 1. The molecule has 0 aromatic carbocycles. The molecule has 0 aliphatic heterocycles. The van der Waals surface area contributed by atoms with Crippen molar-refractivity contribution in [3.05, 3.63) is 54.4 Å². The molecular formula is C14H12N4O. The molecule has 0 bridgehead atoms. The van der Waals surface area contributed by atoms with Crippen molar-refractivity contribution in [3.63, 3.8) is 0 Å². The van der Waals surface area contributed by atoms with Crippen LogP contribution < -0.4 is 10.5 Å². The Labute approximate surface area is 110 Å². The molecule has 5 heteroatoms. The van der Waals surface area contributed by atoms with Crippen LogP contribution >= 0.6 is 0 Å². The monoisotopic (exact) mass is 252 g/mol. The summed E-state index contributed by atoms with van der Waals surface area (Å²) in [6, 6.07) is 13.0. The lowest BCUT2D eigenvalue weighted by Gasteiger charge is -2.05. The highest BCUT2D eigenvalue weighted by Crippen LogP contribution is 2.16. The first-order valence-corrected chi connectivity index (χ1v) is 5.87. The number of nitrogens with zero attached hydrogens (tertiary/aromatic N) is 3. The van der Waals surface area contributed by atoms with Gasteiger partial charge in [0, 0.05) is 17.6 Å². The van der Waals surface area contributed by atoms with Crippen molar-refractivity contribution in [1.82, 2.24) is 15.0 Å². The molecule has 0 radical (unpaired) electrons. The van der Waals surface area contributed by atoms with Gasteiger partial charge in [-0.1, -0.05) is 6.07 Å². The van der Waals surface area contributed by atoms with Crippen molar-refractivity contribution < 1.29 is 4.74 Å². The topological polar surface area (TPSA) is 73.9 Å². The highest BCUT2D eigenvalue weighted by atomic mass is 16.5. The van der Waals surface area contributed by atoms with Gasteiger partial charge in [-0.05, 0) is 30.3 Å². The number of hydrogen-bond acceptors (Lipinski definition) is 5. The summed E-state index contributed by atoms with van der Waals surface area (Å²) < 4.78 is 5.59. The maximum atomic E-state index is 5.64. The van der Waals surface area contributed by atoms with E-state index in [1.165, 1.54) is 0 Å². The molecule has 19 heavy (non-hydrogen) atoms. The molecule has 0 saturated carbocycles. The van der Waals surface area contributed by atoms with Crippen LogP contribution in [0.4, 0.5) is 5.82 Å². The average molecular weight is 252 g/mol. The lowest BCUT2D eigenvalue weighted by atomic mass is 10.3. The summed E-state index contributed by atoms with van der Waals surface area (Å²) in [5.74, 6) is 0.957. The first kappa shape index (κ1) is 11.4. The van der Waals surface area contributed by atoms with E-state index in [-0.39, 0.29) is 0 Å². The number of nitrogen functional groups attached to an aromatic ring is 1. The van der Waals surface area contributed by atoms with Crippen molar-refractivity contribution in [1.29, 1.82) is 0 Å². The van der Waals surface area contributed by atoms with Gasteiger partial charge in [0.05, 0.1) is 5.69 Å². The molecule has 0 aliphatic rings. The van der Waals surface area contributed by atoms with Gasteiger partial charge in [0.1, 0.15) is 12.4 Å². The molecular weight excluding hydrogens is 240 g/mol. The van der Waals surface area contributed by atoms with Crippen molar-refractivity contribution in [2.45, 2.75) is 6.61 Å². The molecule has 0 aliphatic carbocycles. The van der Waals surface area contributed by atoms with Gasteiger partial charge in [-0.25, -0.2) is 4.98 Å². The molecule has 3 heterocycles. The Bertz CT molecular complexity index is 700. The van der Waals surface area contributed by atoms with Crippen LogP contribution in [-0.4, -0.2) is 15.0 Å². The van der Waals surface area contributed by atoms with Crippen molar-refractivity contribution in [2.75, 3.05) is 5.73 Å². The predicted molar refractivity (Wildman–Crippen MR) is 72.5 cm³/mol. The summed E-state index contributed by atoms with van der Waals surface area (Å²) in [6.07, 6.45) is 1.73. The van der Waals surface area contributed by atoms with Crippen LogP contribution in [0, 0.1) is 0 Å². The Hall–Kier alpha value is -2.69. The summed E-state index contributed by atoms with van der Waals surface area (Å²) in [6.45, 7) is 0.377. The van der Waals surface area contributed by atoms with E-state index < -0.39 is 0 Å². The van der Waals surface area contributed by atoms with Gasteiger partial charge in [-0.3, -0.25) is 4.98 Å². The number of ether oxygens (including phenoxy) is 1. The third-order valence-corrected chi connectivity index (χ3v) is 2.64. The molecule has 0 amide bonds. The van der Waals surface area contributed by atoms with Gasteiger partial charge in [0.2, 0.25) is 5.88 Å². The van der Waals surface area contributed by atoms with E-state index in [4.69, 9.17) is 10.5 Å². The third kappa shape index (κ3) is 2.60. The minimum absolute atomic E-state index is 0.377. The second kappa shape index (κ2) is 4.89. The van der Waals surface area contributed by atoms with Gasteiger partial charge in [0.15, 0.2) is 5.65 Å². The Morgan fingerprint density at radius 1 is 1.00 bits per heavy atom. The number of rotatable bonds is 3. The summed E-state index contributed by atoms with van der Waals surface area (Å²) in [7, 11) is 0. The summed E-state index contributed by atoms with van der Waals surface area (Å²) in [5.41, 5.74) is 7.07. The zero-order valence-electron chi connectivity index (χ0n) is 10.2. The Kier molecular flexibility index (Phi) is 2.94. The van der Waals surface area contributed by atoms with Gasteiger partial charge < -0.3 is 10.5 Å². The fourth-order valence-corrected chi connectivity index (χ4v) is 1.71. The Morgan fingerprint density at radius 2 is 1.89 bits per heavy atom. The molecule has 0 atom stereocenters. The normalized spacial score (nSPS) is 10.5. The first-order chi connectivity index (χ1) is 9.31. The maximum absolute atomic E-state index is 5.64. The Balaban J connectivity index is 1.81. The van der Waals surface area contributed by atoms with Crippen molar-refractivity contribution in [3.8, 4) is 5.88 Å². The summed E-state index contributed by atoms with van der Waals surface area (Å²) in [4.78, 5) is 12.7. The minimum atomic E-state index is 0.377. The Morgan fingerprint density at radius 3 is 2.74 bits per heavy atom. The second-order valence-corrected chi connectivity index (χ2v) is 4.04. The molecule has 0 spiro atoms. The molecule has 5 nitrogen and oxygen atoms in total. The van der Waals surface area contributed by atoms with E-state index in [2.05, 4.69) is 15.0 Å². The van der Waals surface area contributed by atoms with Crippen LogP contribution in [0.15, 0.2) is 48.7 Å². The van der Waals surface area contributed by atoms with Crippen LogP contribution in [0.3, 0.4) is 0 Å². The fourth-order valence-electron chi connectivity index (χ4n) is 1.71. The quantitative estimate of drug-likeness (QED) is 0.773. The van der Waals surface area contributed by atoms with Crippen LogP contribution in [-0.2, 0) is 6.61 Å². The predicted octanol–water partition coefficient (Wildman–Crippen LogP) is 2.19. The van der Waals surface area contributed by atoms with E-state index in [0.29, 0.717) is 24.0 Å². The lowest BCUT2D eigenvalue weighted by molar-refractivity contribution is 0.290. The molecule has 0 fully saturated rings. The SMILES string of the molecule is Nc1ccc2ccc(OCc3ccccn3)nc2n1. The van der Waals surface area contributed by atoms with E-state index >= 15 is 0 Å². The number of anilines is 1. The van der Waals surface area contributed by atoms with Crippen LogP contribution in [0.1, 0.15) is 5.69 Å². The standard InChI is InChI=1S/C14H12N4O/c15-12-6-4-10-5-7-13(18-14(10)17-12)19-9-11-3-1-2-8-16-11/h1-8H,9H2,(H2,15,17,18). The molecule has 0 unspecified atom stereocenters. The third-order valence-electron chi connectivity index (χ3n) is 2.64. The van der Waals surface area contributed by atoms with Gasteiger partial charge >= 0.3 is 0 Å². The zero-order valence-corrected chi connectivity index (χ0v) is 10.2.